The second-order valence-electron chi connectivity index (χ2n) is 6.32. The largest absolute Gasteiger partial charge is 0.461 e. The van der Waals surface area contributed by atoms with Crippen molar-refractivity contribution >= 4 is 17.8 Å². The van der Waals surface area contributed by atoms with Gasteiger partial charge in [-0.25, -0.2) is 0 Å². The highest BCUT2D eigenvalue weighted by atomic mass is 16.5. The van der Waals surface area contributed by atoms with E-state index in [1.54, 1.807) is 0 Å². The van der Waals surface area contributed by atoms with Crippen molar-refractivity contribution in [1.82, 2.24) is 5.32 Å². The summed E-state index contributed by atoms with van der Waals surface area (Å²) >= 11 is 0. The first kappa shape index (κ1) is 19.6. The van der Waals surface area contributed by atoms with Gasteiger partial charge in [-0.3, -0.25) is 19.7 Å². The number of allylic oxidation sites excluding steroid dienone is 1. The molecule has 1 heterocycles. The average molecular weight is 355 g/mol. The number of benzene rings is 1. The van der Waals surface area contributed by atoms with Gasteiger partial charge in [0.1, 0.15) is 6.61 Å². The lowest BCUT2D eigenvalue weighted by Gasteiger charge is -2.11. The smallest absolute Gasteiger partial charge is 0.310 e. The molecule has 0 unspecified atom stereocenters. The van der Waals surface area contributed by atoms with Crippen molar-refractivity contribution in [3.05, 3.63) is 59.2 Å². The maximum atomic E-state index is 11.9. The Balaban J connectivity index is 1.89. The third kappa shape index (κ3) is 5.69. The van der Waals surface area contributed by atoms with E-state index in [1.165, 1.54) is 5.56 Å². The third-order valence-electron chi connectivity index (χ3n) is 4.33. The van der Waals surface area contributed by atoms with Gasteiger partial charge in [-0.15, -0.1) is 6.58 Å². The number of carbonyl (C=O) groups excluding carboxylic acids is 3. The normalized spacial score (nSPS) is 13.3. The number of amides is 2. The quantitative estimate of drug-likeness (QED) is 0.303. The molecule has 1 aromatic rings. The van der Waals surface area contributed by atoms with Crippen LogP contribution in [-0.2, 0) is 38.6 Å². The molecule has 0 saturated heterocycles. The molecule has 0 spiro atoms. The molecule has 1 aliphatic rings. The fraction of sp³-hybridized carbons (Fsp3) is 0.381. The maximum Gasteiger partial charge on any atom is 0.310 e. The first-order valence-corrected chi connectivity index (χ1v) is 8.96. The minimum atomic E-state index is -0.526. The molecule has 0 bridgehead atoms. The number of unbranched alkanes of at least 4 members (excludes halogenated alkanes) is 2. The monoisotopic (exact) mass is 355 g/mol. The van der Waals surface area contributed by atoms with E-state index in [9.17, 15) is 14.4 Å². The summed E-state index contributed by atoms with van der Waals surface area (Å²) in [7, 11) is 0. The molecule has 0 aromatic heterocycles. The summed E-state index contributed by atoms with van der Waals surface area (Å²) in [5, 5.41) is 2.11. The molecule has 1 aromatic carbocycles. The second kappa shape index (κ2) is 9.70. The molecule has 0 atom stereocenters. The van der Waals surface area contributed by atoms with Crippen LogP contribution in [0.25, 0.3) is 0 Å². The van der Waals surface area contributed by atoms with Crippen LogP contribution >= 0.6 is 0 Å². The van der Waals surface area contributed by atoms with Gasteiger partial charge in [0.15, 0.2) is 0 Å². The van der Waals surface area contributed by atoms with E-state index in [0.29, 0.717) is 0 Å². The standard InChI is InChI=1S/C21H25NO4/c1-3-5-6-7-8-15-9-10-17(16(4-2)11-15)14-26-20(24)13-18-12-19(23)22-21(18)25/h3,9-12H,1,4-8,13-14H2,2H3,(H,22,23,25). The number of imide groups is 1. The molecule has 2 amide bonds. The zero-order valence-corrected chi connectivity index (χ0v) is 15.2. The van der Waals surface area contributed by atoms with Crippen molar-refractivity contribution in [2.24, 2.45) is 0 Å². The Hall–Kier alpha value is -2.69. The van der Waals surface area contributed by atoms with E-state index >= 15 is 0 Å². The predicted octanol–water partition coefficient (Wildman–Crippen LogP) is 3.16. The van der Waals surface area contributed by atoms with E-state index in [-0.39, 0.29) is 18.6 Å². The summed E-state index contributed by atoms with van der Waals surface area (Å²) in [6.07, 6.45) is 8.07. The Morgan fingerprint density at radius 3 is 2.69 bits per heavy atom. The molecule has 1 N–H and O–H groups in total. The van der Waals surface area contributed by atoms with Crippen molar-refractivity contribution in [2.75, 3.05) is 0 Å². The SMILES string of the molecule is C=CCCCCc1ccc(COC(=O)CC2=CC(=O)NC2=O)c(CC)c1. The van der Waals surface area contributed by atoms with Crippen molar-refractivity contribution in [2.45, 2.75) is 52.1 Å². The number of carbonyl (C=O) groups is 3. The molecule has 1 aliphatic heterocycles. The van der Waals surface area contributed by atoms with Crippen molar-refractivity contribution in [1.29, 1.82) is 0 Å². The van der Waals surface area contributed by atoms with Gasteiger partial charge < -0.3 is 4.74 Å². The zero-order valence-electron chi connectivity index (χ0n) is 15.2. The van der Waals surface area contributed by atoms with Crippen molar-refractivity contribution in [3.8, 4) is 0 Å². The van der Waals surface area contributed by atoms with Crippen LogP contribution in [-0.4, -0.2) is 17.8 Å². The van der Waals surface area contributed by atoms with Gasteiger partial charge in [-0.1, -0.05) is 31.2 Å². The van der Waals surface area contributed by atoms with Gasteiger partial charge in [-0.2, -0.15) is 0 Å². The van der Waals surface area contributed by atoms with Gasteiger partial charge in [0.25, 0.3) is 11.8 Å². The summed E-state index contributed by atoms with van der Waals surface area (Å²) in [4.78, 5) is 34.5. The molecule has 2 rings (SSSR count). The Kier molecular flexibility index (Phi) is 7.33. The number of hydrogen-bond acceptors (Lipinski definition) is 4. The summed E-state index contributed by atoms with van der Waals surface area (Å²) < 4.78 is 5.29. The van der Waals surface area contributed by atoms with Gasteiger partial charge in [0, 0.05) is 11.6 Å². The van der Waals surface area contributed by atoms with Crippen LogP contribution in [0.4, 0.5) is 0 Å². The fourth-order valence-corrected chi connectivity index (χ4v) is 2.87. The Labute approximate surface area is 154 Å². The lowest BCUT2D eigenvalue weighted by atomic mass is 9.99. The van der Waals surface area contributed by atoms with Gasteiger partial charge in [0.05, 0.1) is 6.42 Å². The highest BCUT2D eigenvalue weighted by Gasteiger charge is 2.23. The van der Waals surface area contributed by atoms with Crippen LogP contribution in [0, 0.1) is 0 Å². The molecule has 138 valence electrons. The summed E-state index contributed by atoms with van der Waals surface area (Å²) in [6.45, 7) is 5.97. The predicted molar refractivity (Wildman–Crippen MR) is 99.2 cm³/mol. The molecule has 0 aliphatic carbocycles. The van der Waals surface area contributed by atoms with E-state index in [2.05, 4.69) is 31.0 Å². The Morgan fingerprint density at radius 2 is 2.04 bits per heavy atom. The Bertz CT molecular complexity index is 734. The summed E-state index contributed by atoms with van der Waals surface area (Å²) in [5.74, 6) is -1.53. The first-order chi connectivity index (χ1) is 12.5. The minimum absolute atomic E-state index is 0.144. The fourth-order valence-electron chi connectivity index (χ4n) is 2.87. The number of aryl methyl sites for hydroxylation is 2. The Morgan fingerprint density at radius 1 is 1.23 bits per heavy atom. The van der Waals surface area contributed by atoms with E-state index in [4.69, 9.17) is 4.74 Å². The second-order valence-corrected chi connectivity index (χ2v) is 6.32. The minimum Gasteiger partial charge on any atom is -0.461 e. The average Bonchev–Trinajstić information content (AvgIpc) is 2.94. The highest BCUT2D eigenvalue weighted by Crippen LogP contribution is 2.17. The van der Waals surface area contributed by atoms with E-state index < -0.39 is 17.8 Å². The first-order valence-electron chi connectivity index (χ1n) is 8.96. The molecule has 26 heavy (non-hydrogen) atoms. The molecular weight excluding hydrogens is 330 g/mol. The number of rotatable bonds is 10. The maximum absolute atomic E-state index is 11.9. The number of hydrogen-bond donors (Lipinski definition) is 1. The molecule has 0 fully saturated rings. The van der Waals surface area contributed by atoms with Crippen LogP contribution in [0.3, 0.4) is 0 Å². The molecule has 0 radical (unpaired) electrons. The zero-order chi connectivity index (χ0) is 18.9. The van der Waals surface area contributed by atoms with Crippen molar-refractivity contribution < 1.29 is 19.1 Å². The van der Waals surface area contributed by atoms with E-state index in [0.717, 1.165) is 49.3 Å². The van der Waals surface area contributed by atoms with Crippen LogP contribution in [0.5, 0.6) is 0 Å². The number of ether oxygens (including phenoxy) is 1. The molecule has 5 nitrogen and oxygen atoms in total. The van der Waals surface area contributed by atoms with Gasteiger partial charge >= 0.3 is 5.97 Å². The van der Waals surface area contributed by atoms with Crippen LogP contribution in [0.2, 0.25) is 0 Å². The molecule has 0 saturated carbocycles. The van der Waals surface area contributed by atoms with Crippen LogP contribution in [0.1, 0.15) is 49.3 Å². The highest BCUT2D eigenvalue weighted by molar-refractivity contribution is 6.17. The molecular formula is C21H25NO4. The number of nitrogens with one attached hydrogen (secondary N) is 1. The van der Waals surface area contributed by atoms with Crippen LogP contribution in [0.15, 0.2) is 42.5 Å². The van der Waals surface area contributed by atoms with Gasteiger partial charge in [0.2, 0.25) is 0 Å². The molecule has 5 heteroatoms. The van der Waals surface area contributed by atoms with Gasteiger partial charge in [-0.05, 0) is 48.8 Å². The summed E-state index contributed by atoms with van der Waals surface area (Å²) in [6, 6.07) is 6.24. The topological polar surface area (TPSA) is 72.5 Å². The van der Waals surface area contributed by atoms with Crippen molar-refractivity contribution in [3.63, 3.8) is 0 Å². The lowest BCUT2D eigenvalue weighted by Crippen LogP contribution is -2.23. The summed E-state index contributed by atoms with van der Waals surface area (Å²) in [5.41, 5.74) is 3.56. The van der Waals surface area contributed by atoms with E-state index in [1.807, 2.05) is 12.1 Å². The van der Waals surface area contributed by atoms with Crippen LogP contribution < -0.4 is 5.32 Å². The lowest BCUT2D eigenvalue weighted by molar-refractivity contribution is -0.144. The number of esters is 1. The third-order valence-corrected chi connectivity index (χ3v) is 4.33.